The molecule has 9 heteroatoms. The lowest BCUT2D eigenvalue weighted by molar-refractivity contribution is -0.117. The number of benzene rings is 3. The predicted octanol–water partition coefficient (Wildman–Crippen LogP) is 6.08. The monoisotopic (exact) mass is 534 g/mol. The Morgan fingerprint density at radius 2 is 1.79 bits per heavy atom. The minimum Gasteiger partial charge on any atom is -0.497 e. The number of hydrogen-bond donors (Lipinski definition) is 1. The lowest BCUT2D eigenvalue weighted by Gasteiger charge is -2.24. The Balaban J connectivity index is 1.61. The van der Waals surface area contributed by atoms with Gasteiger partial charge in [0.1, 0.15) is 18.1 Å². The first-order valence-electron chi connectivity index (χ1n) is 12.1. The summed E-state index contributed by atoms with van der Waals surface area (Å²) in [6.07, 6.45) is 1.74. The van der Waals surface area contributed by atoms with Crippen LogP contribution >= 0.6 is 11.6 Å². The fourth-order valence-corrected chi connectivity index (χ4v) is 4.14. The van der Waals surface area contributed by atoms with Crippen LogP contribution in [0.5, 0.6) is 5.75 Å². The summed E-state index contributed by atoms with van der Waals surface area (Å²) in [5.74, 6) is -0.249. The second-order valence-corrected chi connectivity index (χ2v) is 9.55. The van der Waals surface area contributed by atoms with Gasteiger partial charge < -0.3 is 9.64 Å². The topological polar surface area (TPSA) is 76.5 Å². The smallest absolute Gasteiger partial charge is 0.254 e. The molecular weight excluding hydrogens is 507 g/mol. The maximum Gasteiger partial charge on any atom is 0.254 e. The molecular formula is C29H28ClFN4O3. The first-order valence-corrected chi connectivity index (χ1v) is 12.5. The zero-order chi connectivity index (χ0) is 27.2. The summed E-state index contributed by atoms with van der Waals surface area (Å²) >= 11 is 6.03. The third kappa shape index (κ3) is 6.39. The molecule has 0 aliphatic heterocycles. The molecule has 0 aliphatic carbocycles. The van der Waals surface area contributed by atoms with Gasteiger partial charge in [-0.2, -0.15) is 0 Å². The number of amides is 2. The molecule has 4 aromatic rings. The molecule has 2 amide bonds. The molecule has 7 nitrogen and oxygen atoms in total. The summed E-state index contributed by atoms with van der Waals surface area (Å²) in [7, 11) is 1.55. The summed E-state index contributed by atoms with van der Waals surface area (Å²) < 4.78 is 20.6. The number of nitrogens with zero attached hydrogens (tertiary/aromatic N) is 3. The van der Waals surface area contributed by atoms with E-state index >= 15 is 0 Å². The van der Waals surface area contributed by atoms with Crippen molar-refractivity contribution < 1.29 is 18.7 Å². The van der Waals surface area contributed by atoms with Crippen LogP contribution in [0.2, 0.25) is 5.02 Å². The number of methoxy groups -OCH3 is 1. The van der Waals surface area contributed by atoms with E-state index in [1.54, 1.807) is 48.2 Å². The molecule has 0 unspecified atom stereocenters. The number of hydrogen-bond acceptors (Lipinski definition) is 4. The first-order chi connectivity index (χ1) is 18.2. The molecule has 1 heterocycles. The zero-order valence-corrected chi connectivity index (χ0v) is 22.1. The Kier molecular flexibility index (Phi) is 8.43. The van der Waals surface area contributed by atoms with Gasteiger partial charge in [0.2, 0.25) is 11.9 Å². The second kappa shape index (κ2) is 11.9. The van der Waals surface area contributed by atoms with E-state index in [4.69, 9.17) is 16.3 Å². The Morgan fingerprint density at radius 3 is 2.42 bits per heavy atom. The first kappa shape index (κ1) is 26.9. The van der Waals surface area contributed by atoms with E-state index in [2.05, 4.69) is 10.3 Å². The van der Waals surface area contributed by atoms with E-state index in [1.165, 1.54) is 17.0 Å². The third-order valence-corrected chi connectivity index (χ3v) is 6.04. The Morgan fingerprint density at radius 1 is 1.08 bits per heavy atom. The van der Waals surface area contributed by atoms with Crippen LogP contribution in [-0.2, 0) is 4.79 Å². The van der Waals surface area contributed by atoms with Crippen LogP contribution in [0.25, 0.3) is 16.9 Å². The minimum atomic E-state index is -0.550. The van der Waals surface area contributed by atoms with Crippen LogP contribution in [0.3, 0.4) is 0 Å². The van der Waals surface area contributed by atoms with Gasteiger partial charge in [-0.3, -0.25) is 19.5 Å². The van der Waals surface area contributed by atoms with E-state index < -0.39 is 11.7 Å². The molecule has 0 saturated heterocycles. The van der Waals surface area contributed by atoms with Crippen molar-refractivity contribution in [2.75, 3.05) is 25.5 Å². The molecule has 38 heavy (non-hydrogen) atoms. The minimum absolute atomic E-state index is 0.0528. The number of anilines is 1. The highest BCUT2D eigenvalue weighted by Crippen LogP contribution is 2.26. The molecule has 0 spiro atoms. The Bertz CT molecular complexity index is 1420. The number of carbonyl (C=O) groups is 2. The zero-order valence-electron chi connectivity index (χ0n) is 21.3. The molecule has 0 saturated carbocycles. The van der Waals surface area contributed by atoms with Crippen LogP contribution in [-0.4, -0.2) is 46.5 Å². The maximum absolute atomic E-state index is 13.8. The van der Waals surface area contributed by atoms with E-state index in [-0.39, 0.29) is 29.3 Å². The average Bonchev–Trinajstić information content (AvgIpc) is 3.33. The van der Waals surface area contributed by atoms with Crippen LogP contribution in [0.15, 0.2) is 79.0 Å². The molecule has 1 aromatic heterocycles. The summed E-state index contributed by atoms with van der Waals surface area (Å²) in [6.45, 7) is 4.16. The average molecular weight is 535 g/mol. The number of nitrogens with one attached hydrogen (secondary N) is 1. The van der Waals surface area contributed by atoms with Gasteiger partial charge in [-0.15, -0.1) is 0 Å². The highest BCUT2D eigenvalue weighted by molar-refractivity contribution is 6.30. The van der Waals surface area contributed by atoms with Gasteiger partial charge in [0.15, 0.2) is 0 Å². The van der Waals surface area contributed by atoms with Crippen molar-refractivity contribution in [1.82, 2.24) is 14.5 Å². The fraction of sp³-hybridized carbons (Fsp3) is 0.207. The lowest BCUT2D eigenvalue weighted by atomic mass is 10.1. The largest absolute Gasteiger partial charge is 0.497 e. The molecule has 0 bridgehead atoms. The van der Waals surface area contributed by atoms with Gasteiger partial charge >= 0.3 is 0 Å². The molecule has 0 fully saturated rings. The number of carbonyl (C=O) groups excluding carboxylic acids is 2. The summed E-state index contributed by atoms with van der Waals surface area (Å²) in [5, 5.41) is 2.77. The summed E-state index contributed by atoms with van der Waals surface area (Å²) in [6, 6.07) is 20.5. The van der Waals surface area contributed by atoms with Gasteiger partial charge in [-0.05, 0) is 48.4 Å². The SMILES string of the molecule is COc1ccc(C(=O)N(CC(=O)Nc2nc(-c3ccccc3)cn2-c2ccc(F)c(Cl)c2)CC(C)C)cc1. The van der Waals surface area contributed by atoms with Gasteiger partial charge in [-0.25, -0.2) is 9.37 Å². The number of imidazole rings is 1. The van der Waals surface area contributed by atoms with Crippen molar-refractivity contribution >= 4 is 29.4 Å². The van der Waals surface area contributed by atoms with Gasteiger partial charge in [0, 0.05) is 23.9 Å². The predicted molar refractivity (Wildman–Crippen MR) is 146 cm³/mol. The van der Waals surface area contributed by atoms with E-state index in [0.29, 0.717) is 29.2 Å². The molecule has 3 aromatic carbocycles. The lowest BCUT2D eigenvalue weighted by Crippen LogP contribution is -2.40. The number of aromatic nitrogens is 2. The van der Waals surface area contributed by atoms with Crippen LogP contribution in [0.4, 0.5) is 10.3 Å². The van der Waals surface area contributed by atoms with E-state index in [1.807, 2.05) is 44.2 Å². The number of halogens is 2. The summed E-state index contributed by atoms with van der Waals surface area (Å²) in [5.41, 5.74) is 2.42. The number of ether oxygens (including phenoxy) is 1. The van der Waals surface area contributed by atoms with Crippen molar-refractivity contribution in [3.8, 4) is 22.7 Å². The van der Waals surface area contributed by atoms with Gasteiger partial charge in [0.25, 0.3) is 5.91 Å². The Hall–Kier alpha value is -4.17. The van der Waals surface area contributed by atoms with Crippen molar-refractivity contribution in [2.45, 2.75) is 13.8 Å². The quantitative estimate of drug-likeness (QED) is 0.282. The highest BCUT2D eigenvalue weighted by atomic mass is 35.5. The molecule has 0 aliphatic rings. The fourth-order valence-electron chi connectivity index (χ4n) is 3.96. The van der Waals surface area contributed by atoms with Crippen molar-refractivity contribution in [3.05, 3.63) is 95.4 Å². The highest BCUT2D eigenvalue weighted by Gasteiger charge is 2.22. The maximum atomic E-state index is 13.8. The van der Waals surface area contributed by atoms with Crippen molar-refractivity contribution in [3.63, 3.8) is 0 Å². The van der Waals surface area contributed by atoms with Crippen molar-refractivity contribution in [2.24, 2.45) is 5.92 Å². The van der Waals surface area contributed by atoms with Crippen LogP contribution < -0.4 is 10.1 Å². The van der Waals surface area contributed by atoms with Crippen molar-refractivity contribution in [1.29, 1.82) is 0 Å². The molecule has 1 N–H and O–H groups in total. The second-order valence-electron chi connectivity index (χ2n) is 9.14. The molecule has 0 radical (unpaired) electrons. The summed E-state index contributed by atoms with van der Waals surface area (Å²) in [4.78, 5) is 32.6. The van der Waals surface area contributed by atoms with Gasteiger partial charge in [-0.1, -0.05) is 55.8 Å². The van der Waals surface area contributed by atoms with Crippen LogP contribution in [0, 0.1) is 11.7 Å². The van der Waals surface area contributed by atoms with E-state index in [0.717, 1.165) is 5.56 Å². The standard InChI is InChI=1S/C29H28ClFN4O3/c1-19(2)16-34(28(37)21-9-12-23(38-3)13-10-21)18-27(36)33-29-32-26(20-7-5-4-6-8-20)17-35(29)22-11-14-25(31)24(30)15-22/h4-15,17,19H,16,18H2,1-3H3,(H,32,33,36). The molecule has 196 valence electrons. The van der Waals surface area contributed by atoms with Gasteiger partial charge in [0.05, 0.1) is 23.5 Å². The number of rotatable bonds is 9. The molecule has 4 rings (SSSR count). The van der Waals surface area contributed by atoms with E-state index in [9.17, 15) is 14.0 Å². The third-order valence-electron chi connectivity index (χ3n) is 5.75. The Labute approximate surface area is 225 Å². The van der Waals surface area contributed by atoms with Crippen LogP contribution in [0.1, 0.15) is 24.2 Å². The molecule has 0 atom stereocenters. The normalized spacial score (nSPS) is 10.9.